The topological polar surface area (TPSA) is 93.5 Å². The summed E-state index contributed by atoms with van der Waals surface area (Å²) in [5.74, 6) is 1.61. The number of amides is 1. The summed E-state index contributed by atoms with van der Waals surface area (Å²) in [5.41, 5.74) is 4.82. The Labute approximate surface area is 197 Å². The van der Waals surface area contributed by atoms with E-state index in [4.69, 9.17) is 4.74 Å². The molecule has 1 aromatic carbocycles. The smallest absolute Gasteiger partial charge is 0.336 e. The summed E-state index contributed by atoms with van der Waals surface area (Å²) in [6.45, 7) is 5.77. The van der Waals surface area contributed by atoms with E-state index >= 15 is 0 Å². The molecule has 9 heteroatoms. The first-order valence-electron chi connectivity index (χ1n) is 12.2. The minimum Gasteiger partial charge on any atom is -0.456 e. The average Bonchev–Trinajstić information content (AvgIpc) is 3.12. The lowest BCUT2D eigenvalue weighted by molar-refractivity contribution is -0.138. The van der Waals surface area contributed by atoms with Gasteiger partial charge in [-0.15, -0.1) is 5.10 Å². The molecule has 2 unspecified atom stereocenters. The van der Waals surface area contributed by atoms with Crippen molar-refractivity contribution in [3.63, 3.8) is 0 Å². The molecule has 1 spiro atoms. The summed E-state index contributed by atoms with van der Waals surface area (Å²) in [4.78, 5) is 29.8. The second kappa shape index (κ2) is 6.75. The number of carbonyl (C=O) groups is 2. The van der Waals surface area contributed by atoms with Crippen LogP contribution in [0.5, 0.6) is 0 Å². The van der Waals surface area contributed by atoms with E-state index in [0.717, 1.165) is 49.4 Å². The molecule has 2 saturated carbocycles. The molecule has 5 atom stereocenters. The molecule has 5 aliphatic rings. The number of hydrogen-bond donors (Lipinski definition) is 0. The van der Waals surface area contributed by atoms with Crippen molar-refractivity contribution in [3.05, 3.63) is 40.6 Å². The van der Waals surface area contributed by atoms with Crippen LogP contribution >= 0.6 is 0 Å². The summed E-state index contributed by atoms with van der Waals surface area (Å²) in [7, 11) is 2.21. The van der Waals surface area contributed by atoms with E-state index in [1.54, 1.807) is 6.92 Å². The Kier molecular flexibility index (Phi) is 4.03. The van der Waals surface area contributed by atoms with Crippen molar-refractivity contribution in [1.82, 2.24) is 30.0 Å². The molecule has 34 heavy (non-hydrogen) atoms. The number of aromatic nitrogens is 4. The van der Waals surface area contributed by atoms with Crippen molar-refractivity contribution in [3.8, 4) is 11.4 Å². The molecule has 2 aliphatic carbocycles. The largest absolute Gasteiger partial charge is 0.456 e. The third kappa shape index (κ3) is 2.50. The predicted octanol–water partition coefficient (Wildman–Crippen LogP) is 1.98. The molecular weight excluding hydrogens is 432 g/mol. The third-order valence-electron chi connectivity index (χ3n) is 9.23. The van der Waals surface area contributed by atoms with Gasteiger partial charge in [-0.05, 0) is 73.5 Å². The summed E-state index contributed by atoms with van der Waals surface area (Å²) in [5, 5.41) is 11.9. The van der Waals surface area contributed by atoms with Crippen LogP contribution < -0.4 is 0 Å². The molecule has 0 radical (unpaired) electrons. The van der Waals surface area contributed by atoms with Crippen LogP contribution in [0, 0.1) is 17.3 Å². The maximum absolute atomic E-state index is 13.6. The first-order chi connectivity index (χ1) is 16.4. The first-order valence-corrected chi connectivity index (χ1v) is 12.2. The number of likely N-dealkylation sites (tertiary alicyclic amines) is 1. The Balaban J connectivity index is 1.04. The van der Waals surface area contributed by atoms with Crippen LogP contribution in [0.4, 0.5) is 0 Å². The van der Waals surface area contributed by atoms with Crippen molar-refractivity contribution < 1.29 is 14.3 Å². The number of fused-ring (bicyclic) bond motifs is 4. The molecule has 9 nitrogen and oxygen atoms in total. The lowest BCUT2D eigenvalue weighted by Gasteiger charge is -2.36. The number of rotatable bonds is 4. The van der Waals surface area contributed by atoms with Gasteiger partial charge in [0.2, 0.25) is 5.91 Å². The van der Waals surface area contributed by atoms with Crippen molar-refractivity contribution in [2.45, 2.75) is 58.3 Å². The van der Waals surface area contributed by atoms with Crippen LogP contribution in [0.15, 0.2) is 29.5 Å². The zero-order chi connectivity index (χ0) is 23.4. The second-order valence-corrected chi connectivity index (χ2v) is 10.7. The highest BCUT2D eigenvalue weighted by molar-refractivity contribution is 5.96. The van der Waals surface area contributed by atoms with Crippen molar-refractivity contribution in [2.75, 3.05) is 13.7 Å². The molecule has 1 saturated heterocycles. The quantitative estimate of drug-likeness (QED) is 0.550. The van der Waals surface area contributed by atoms with Gasteiger partial charge in [0, 0.05) is 24.2 Å². The van der Waals surface area contributed by atoms with E-state index in [1.807, 2.05) is 9.58 Å². The summed E-state index contributed by atoms with van der Waals surface area (Å²) >= 11 is 0. The first kappa shape index (κ1) is 20.3. The van der Waals surface area contributed by atoms with Crippen molar-refractivity contribution >= 4 is 11.9 Å². The SMILES string of the molecule is CC1=C(N2C(=O)[C@]34CC[C@H](N(C)Cc5ccc6c(c5)Cn5nnnc5-6)CC3C4[C@H]2C)COC1=O. The van der Waals surface area contributed by atoms with Crippen LogP contribution in [-0.4, -0.2) is 67.6 Å². The molecule has 4 heterocycles. The highest BCUT2D eigenvalue weighted by Gasteiger charge is 2.78. The number of tetrazole rings is 1. The number of piperidine rings is 1. The van der Waals surface area contributed by atoms with Gasteiger partial charge in [-0.2, -0.15) is 0 Å². The molecule has 176 valence electrons. The van der Waals surface area contributed by atoms with Gasteiger partial charge in [0.1, 0.15) is 6.61 Å². The molecule has 7 rings (SSSR count). The van der Waals surface area contributed by atoms with Gasteiger partial charge < -0.3 is 9.64 Å². The molecule has 0 bridgehead atoms. The van der Waals surface area contributed by atoms with E-state index < -0.39 is 0 Å². The van der Waals surface area contributed by atoms with Crippen LogP contribution in [0.1, 0.15) is 44.2 Å². The minimum absolute atomic E-state index is 0.132. The normalized spacial score (nSPS) is 33.2. The fourth-order valence-electron chi connectivity index (χ4n) is 7.48. The van der Waals surface area contributed by atoms with Crippen molar-refractivity contribution in [2.24, 2.45) is 17.3 Å². The number of esters is 1. The van der Waals surface area contributed by atoms with Gasteiger partial charge in [-0.3, -0.25) is 9.69 Å². The molecule has 1 amide bonds. The number of benzene rings is 1. The molecule has 1 aromatic heterocycles. The Hall–Kier alpha value is -3.07. The monoisotopic (exact) mass is 460 g/mol. The van der Waals surface area contributed by atoms with Crippen LogP contribution in [0.25, 0.3) is 11.4 Å². The fourth-order valence-corrected chi connectivity index (χ4v) is 7.48. The standard InChI is InChI=1S/C25H28N6O3/c1-13-20(12-34-23(13)32)31-14(2)21-19-9-17(6-7-25(19,21)24(31)33)29(3)10-15-4-5-18-16(8-15)11-30-22(18)26-27-28-30/h4-5,8,14,17,19,21H,6-7,9-12H2,1-3H3/t14-,17+,19?,21?,25-/m1/s1. The summed E-state index contributed by atoms with van der Waals surface area (Å²) in [6.07, 6.45) is 3.02. The highest BCUT2D eigenvalue weighted by Crippen LogP contribution is 2.73. The summed E-state index contributed by atoms with van der Waals surface area (Å²) < 4.78 is 7.04. The van der Waals surface area contributed by atoms with Gasteiger partial charge in [-0.1, -0.05) is 18.2 Å². The number of nitrogens with zero attached hydrogens (tertiary/aromatic N) is 6. The lowest BCUT2D eigenvalue weighted by atomic mass is 9.84. The van der Waals surface area contributed by atoms with Gasteiger partial charge in [0.25, 0.3) is 0 Å². The molecule has 2 aromatic rings. The molecule has 0 N–H and O–H groups in total. The second-order valence-electron chi connectivity index (χ2n) is 10.7. The van der Waals surface area contributed by atoms with Gasteiger partial charge in [-0.25, -0.2) is 9.48 Å². The van der Waals surface area contributed by atoms with E-state index in [2.05, 4.69) is 52.6 Å². The van der Waals surface area contributed by atoms with E-state index in [1.165, 1.54) is 11.1 Å². The highest BCUT2D eigenvalue weighted by atomic mass is 16.5. The van der Waals surface area contributed by atoms with E-state index in [-0.39, 0.29) is 29.9 Å². The van der Waals surface area contributed by atoms with Crippen LogP contribution in [0.3, 0.4) is 0 Å². The number of ether oxygens (including phenoxy) is 1. The van der Waals surface area contributed by atoms with Crippen LogP contribution in [-0.2, 0) is 27.4 Å². The van der Waals surface area contributed by atoms with Crippen LogP contribution in [0.2, 0.25) is 0 Å². The zero-order valence-electron chi connectivity index (χ0n) is 19.7. The van der Waals surface area contributed by atoms with E-state index in [0.29, 0.717) is 23.5 Å². The van der Waals surface area contributed by atoms with Gasteiger partial charge in [0.05, 0.1) is 23.2 Å². The number of cyclic esters (lactones) is 1. The lowest BCUT2D eigenvalue weighted by Crippen LogP contribution is -2.43. The van der Waals surface area contributed by atoms with Gasteiger partial charge >= 0.3 is 5.97 Å². The molecule has 3 aliphatic heterocycles. The minimum atomic E-state index is -0.292. The third-order valence-corrected chi connectivity index (χ3v) is 9.23. The summed E-state index contributed by atoms with van der Waals surface area (Å²) in [6, 6.07) is 7.19. The molecule has 3 fully saturated rings. The zero-order valence-corrected chi connectivity index (χ0v) is 19.7. The van der Waals surface area contributed by atoms with Gasteiger partial charge in [0.15, 0.2) is 5.82 Å². The Morgan fingerprint density at radius 1 is 1.29 bits per heavy atom. The maximum Gasteiger partial charge on any atom is 0.336 e. The Morgan fingerprint density at radius 2 is 2.15 bits per heavy atom. The Bertz CT molecular complexity index is 1280. The number of hydrogen-bond acceptors (Lipinski definition) is 7. The fraction of sp³-hybridized carbons (Fsp3) is 0.560. The average molecular weight is 461 g/mol. The predicted molar refractivity (Wildman–Crippen MR) is 121 cm³/mol. The number of carbonyl (C=O) groups excluding carboxylic acids is 2. The Morgan fingerprint density at radius 3 is 2.94 bits per heavy atom. The van der Waals surface area contributed by atoms with E-state index in [9.17, 15) is 9.59 Å². The van der Waals surface area contributed by atoms with Crippen molar-refractivity contribution in [1.29, 1.82) is 0 Å². The molecular formula is C25H28N6O3. The maximum atomic E-state index is 13.6.